The monoisotopic (exact) mass is 260 g/mol. The Morgan fingerprint density at radius 3 is 3.00 bits per heavy atom. The first-order valence-electron chi connectivity index (χ1n) is 6.39. The number of carbonyl (C=O) groups excluding carboxylic acids is 1. The topological polar surface area (TPSA) is 64.3 Å². The highest BCUT2D eigenvalue weighted by Crippen LogP contribution is 2.37. The van der Waals surface area contributed by atoms with Crippen LogP contribution in [0, 0.1) is 5.92 Å². The minimum absolute atomic E-state index is 0.254. The Balaban J connectivity index is 1.87. The third-order valence-corrected chi connectivity index (χ3v) is 3.79. The highest BCUT2D eigenvalue weighted by atomic mass is 16.5. The number of carbonyl (C=O) groups is 1. The van der Waals surface area contributed by atoms with Gasteiger partial charge in [-0.3, -0.25) is 4.68 Å². The highest BCUT2D eigenvalue weighted by Gasteiger charge is 2.30. The number of benzene rings is 1. The Hall–Kier alpha value is -1.88. The van der Waals surface area contributed by atoms with Crippen LogP contribution in [0.4, 0.5) is 0 Å². The van der Waals surface area contributed by atoms with Crippen molar-refractivity contribution in [1.29, 1.82) is 0 Å². The van der Waals surface area contributed by atoms with E-state index in [0.717, 1.165) is 23.7 Å². The van der Waals surface area contributed by atoms with Crippen LogP contribution in [0.5, 0.6) is 0 Å². The second kappa shape index (κ2) is 4.66. The molecule has 5 heteroatoms. The molecule has 2 aromatic rings. The van der Waals surface area contributed by atoms with E-state index in [0.29, 0.717) is 17.5 Å². The summed E-state index contributed by atoms with van der Waals surface area (Å²) in [6, 6.07) is 5.75. The van der Waals surface area contributed by atoms with Crippen LogP contribution in [0.15, 0.2) is 24.4 Å². The average Bonchev–Trinajstić information content (AvgIpc) is 2.78. The van der Waals surface area contributed by atoms with Crippen LogP contribution in [0.2, 0.25) is 0 Å². The van der Waals surface area contributed by atoms with Crippen molar-refractivity contribution in [2.45, 2.75) is 18.9 Å². The molecule has 1 fully saturated rings. The molecule has 0 unspecified atom stereocenters. The van der Waals surface area contributed by atoms with Crippen molar-refractivity contribution >= 4 is 16.9 Å². The van der Waals surface area contributed by atoms with Crippen molar-refractivity contribution in [3.8, 4) is 0 Å². The van der Waals surface area contributed by atoms with Crippen LogP contribution in [0.3, 0.4) is 0 Å². The van der Waals surface area contributed by atoms with Crippen LogP contribution in [-0.4, -0.2) is 34.6 Å². The van der Waals surface area contributed by atoms with Crippen LogP contribution >= 0.6 is 0 Å². The van der Waals surface area contributed by atoms with Gasteiger partial charge in [0.25, 0.3) is 0 Å². The van der Waals surface area contributed by atoms with E-state index >= 15 is 0 Å². The van der Waals surface area contributed by atoms with E-state index in [2.05, 4.69) is 5.10 Å². The van der Waals surface area contributed by atoms with Crippen molar-refractivity contribution in [2.24, 2.45) is 5.92 Å². The quantitative estimate of drug-likeness (QED) is 0.854. The maximum Gasteiger partial charge on any atom is 0.337 e. The lowest BCUT2D eigenvalue weighted by Gasteiger charge is -2.33. The molecule has 100 valence electrons. The van der Waals surface area contributed by atoms with Gasteiger partial charge in [-0.15, -0.1) is 0 Å². The molecule has 3 rings (SSSR count). The first-order chi connectivity index (χ1) is 9.21. The smallest absolute Gasteiger partial charge is 0.337 e. The summed E-state index contributed by atoms with van der Waals surface area (Å²) in [5.74, 6) is 0.0587. The number of rotatable bonds is 3. The van der Waals surface area contributed by atoms with E-state index in [1.54, 1.807) is 12.1 Å². The summed E-state index contributed by atoms with van der Waals surface area (Å²) in [6.45, 7) is 0.254. The van der Waals surface area contributed by atoms with Gasteiger partial charge in [0.2, 0.25) is 0 Å². The summed E-state index contributed by atoms with van der Waals surface area (Å²) >= 11 is 0. The molecule has 19 heavy (non-hydrogen) atoms. The average molecular weight is 260 g/mol. The molecule has 5 nitrogen and oxygen atoms in total. The van der Waals surface area contributed by atoms with Crippen LogP contribution in [0.1, 0.15) is 29.2 Å². The SMILES string of the molecule is COC(=O)c1ccc2cn([C@H]3C[C@H](CO)C3)nc2c1. The van der Waals surface area contributed by atoms with Gasteiger partial charge >= 0.3 is 5.97 Å². The molecule has 0 saturated heterocycles. The lowest BCUT2D eigenvalue weighted by molar-refractivity contribution is 0.0601. The number of esters is 1. The fourth-order valence-electron chi connectivity index (χ4n) is 2.53. The molecule has 0 bridgehead atoms. The van der Waals surface area contributed by atoms with E-state index in [-0.39, 0.29) is 12.6 Å². The molecule has 0 atom stereocenters. The van der Waals surface area contributed by atoms with E-state index in [1.165, 1.54) is 7.11 Å². The van der Waals surface area contributed by atoms with Gasteiger partial charge in [-0.05, 0) is 30.9 Å². The normalized spacial score (nSPS) is 22.2. The van der Waals surface area contributed by atoms with Gasteiger partial charge in [0.15, 0.2) is 0 Å². The minimum Gasteiger partial charge on any atom is -0.465 e. The predicted molar refractivity (Wildman–Crippen MR) is 69.9 cm³/mol. The second-order valence-electron chi connectivity index (χ2n) is 5.05. The van der Waals surface area contributed by atoms with Gasteiger partial charge in [-0.2, -0.15) is 5.10 Å². The third-order valence-electron chi connectivity index (χ3n) is 3.79. The van der Waals surface area contributed by atoms with Crippen molar-refractivity contribution in [2.75, 3.05) is 13.7 Å². The molecule has 1 heterocycles. The summed E-state index contributed by atoms with van der Waals surface area (Å²) in [6.07, 6.45) is 3.93. The van der Waals surface area contributed by atoms with E-state index < -0.39 is 0 Å². The summed E-state index contributed by atoms with van der Waals surface area (Å²) in [4.78, 5) is 11.5. The Morgan fingerprint density at radius 1 is 1.53 bits per heavy atom. The Morgan fingerprint density at radius 2 is 2.32 bits per heavy atom. The van der Waals surface area contributed by atoms with Gasteiger partial charge < -0.3 is 9.84 Å². The summed E-state index contributed by atoms with van der Waals surface area (Å²) in [5.41, 5.74) is 1.32. The summed E-state index contributed by atoms with van der Waals surface area (Å²) in [5, 5.41) is 14.6. The van der Waals surface area contributed by atoms with Crippen LogP contribution in [-0.2, 0) is 4.74 Å². The van der Waals surface area contributed by atoms with E-state index in [9.17, 15) is 4.79 Å². The largest absolute Gasteiger partial charge is 0.465 e. The number of hydrogen-bond acceptors (Lipinski definition) is 4. The van der Waals surface area contributed by atoms with Crippen LogP contribution < -0.4 is 0 Å². The first-order valence-corrected chi connectivity index (χ1v) is 6.39. The van der Waals surface area contributed by atoms with Gasteiger partial charge in [-0.1, -0.05) is 6.07 Å². The number of aliphatic hydroxyl groups excluding tert-OH is 1. The second-order valence-corrected chi connectivity index (χ2v) is 5.05. The molecule has 1 saturated carbocycles. The van der Waals surface area contributed by atoms with E-state index in [1.807, 2.05) is 16.9 Å². The Labute approximate surface area is 110 Å². The molecule has 1 aromatic carbocycles. The molecule has 0 radical (unpaired) electrons. The maximum atomic E-state index is 11.5. The fraction of sp³-hybridized carbons (Fsp3) is 0.429. The number of ether oxygens (including phenoxy) is 1. The van der Waals surface area contributed by atoms with Crippen molar-refractivity contribution in [3.63, 3.8) is 0 Å². The molecule has 1 aromatic heterocycles. The van der Waals surface area contributed by atoms with Crippen molar-refractivity contribution < 1.29 is 14.6 Å². The molecular formula is C14H16N2O3. The maximum absolute atomic E-state index is 11.5. The van der Waals surface area contributed by atoms with Crippen molar-refractivity contribution in [3.05, 3.63) is 30.0 Å². The fourth-order valence-corrected chi connectivity index (χ4v) is 2.53. The molecule has 0 spiro atoms. The number of methoxy groups -OCH3 is 1. The molecular weight excluding hydrogens is 244 g/mol. The number of fused-ring (bicyclic) bond motifs is 1. The third kappa shape index (κ3) is 2.10. The Bertz CT molecular complexity index is 614. The van der Waals surface area contributed by atoms with E-state index in [4.69, 9.17) is 9.84 Å². The van der Waals surface area contributed by atoms with Gasteiger partial charge in [-0.25, -0.2) is 4.79 Å². The van der Waals surface area contributed by atoms with Gasteiger partial charge in [0.1, 0.15) is 0 Å². The van der Waals surface area contributed by atoms with Crippen LogP contribution in [0.25, 0.3) is 10.9 Å². The zero-order chi connectivity index (χ0) is 13.4. The number of nitrogens with zero attached hydrogens (tertiary/aromatic N) is 2. The van der Waals surface area contributed by atoms with Gasteiger partial charge in [0, 0.05) is 18.2 Å². The number of hydrogen-bond donors (Lipinski definition) is 1. The summed E-state index contributed by atoms with van der Waals surface area (Å²) < 4.78 is 6.64. The molecule has 0 aliphatic heterocycles. The molecule has 1 aliphatic carbocycles. The first kappa shape index (κ1) is 12.2. The predicted octanol–water partition coefficient (Wildman–Crippen LogP) is 1.77. The molecule has 1 aliphatic rings. The lowest BCUT2D eigenvalue weighted by Crippen LogP contribution is -2.29. The zero-order valence-electron chi connectivity index (χ0n) is 10.7. The molecule has 0 amide bonds. The number of aliphatic hydroxyl groups is 1. The van der Waals surface area contributed by atoms with Crippen molar-refractivity contribution in [1.82, 2.24) is 9.78 Å². The molecule has 1 N–H and O–H groups in total. The summed E-state index contributed by atoms with van der Waals surface area (Å²) in [7, 11) is 1.37. The lowest BCUT2D eigenvalue weighted by atomic mass is 9.81. The van der Waals surface area contributed by atoms with Gasteiger partial charge in [0.05, 0.1) is 24.2 Å². The number of aromatic nitrogens is 2. The standard InChI is InChI=1S/C14H16N2O3/c1-19-14(18)10-2-3-11-7-16(15-13(11)6-10)12-4-9(5-12)8-17/h2-3,6-7,9,12,17H,4-5,8H2,1H3/t9-,12-. The minimum atomic E-state index is -0.347. The highest BCUT2D eigenvalue weighted by molar-refractivity contribution is 5.94. The zero-order valence-corrected chi connectivity index (χ0v) is 10.7. The Kier molecular flexibility index (Phi) is 2.98.